The summed E-state index contributed by atoms with van der Waals surface area (Å²) in [5, 5.41) is 8.85. The fourth-order valence-corrected chi connectivity index (χ4v) is 3.18. The van der Waals surface area contributed by atoms with Crippen LogP contribution in [0.15, 0.2) is 46.9 Å². The molecular weight excluding hydrogens is 394 g/mol. The van der Waals surface area contributed by atoms with E-state index in [2.05, 4.69) is 10.2 Å². The van der Waals surface area contributed by atoms with Gasteiger partial charge in [-0.25, -0.2) is 0 Å². The number of hydrogen-bond acceptors (Lipinski definition) is 6. The van der Waals surface area contributed by atoms with Crippen molar-refractivity contribution < 1.29 is 18.7 Å². The smallest absolute Gasteiger partial charge is 0.258 e. The molecule has 4 rings (SSSR count). The molecule has 2 aromatic carbocycles. The van der Waals surface area contributed by atoms with E-state index in [4.69, 9.17) is 25.5 Å². The molecule has 1 amide bonds. The summed E-state index contributed by atoms with van der Waals surface area (Å²) in [7, 11) is 3.10. The van der Waals surface area contributed by atoms with Crippen LogP contribution in [0.4, 0.5) is 0 Å². The van der Waals surface area contributed by atoms with Crippen LogP contribution < -0.4 is 9.47 Å². The Balaban J connectivity index is 1.56. The zero-order chi connectivity index (χ0) is 20.4. The molecule has 3 aromatic rings. The van der Waals surface area contributed by atoms with E-state index in [-0.39, 0.29) is 18.5 Å². The number of ether oxygens (including phenoxy) is 2. The zero-order valence-electron chi connectivity index (χ0n) is 16.1. The minimum atomic E-state index is -0.141. The molecule has 0 saturated heterocycles. The van der Waals surface area contributed by atoms with Crippen LogP contribution in [0, 0.1) is 0 Å². The number of aromatic nitrogens is 2. The van der Waals surface area contributed by atoms with Crippen LogP contribution in [0.25, 0.3) is 11.5 Å². The maximum absolute atomic E-state index is 13.2. The molecule has 0 unspecified atom stereocenters. The van der Waals surface area contributed by atoms with Crippen LogP contribution >= 0.6 is 11.6 Å². The van der Waals surface area contributed by atoms with Gasteiger partial charge in [0, 0.05) is 22.7 Å². The number of methoxy groups -OCH3 is 2. The third-order valence-electron chi connectivity index (χ3n) is 4.75. The Morgan fingerprint density at radius 2 is 1.90 bits per heavy atom. The molecule has 0 bridgehead atoms. The minimum absolute atomic E-state index is 0.141. The molecule has 0 N–H and O–H groups in total. The van der Waals surface area contributed by atoms with Crippen molar-refractivity contribution in [3.05, 3.63) is 58.9 Å². The largest absolute Gasteiger partial charge is 0.497 e. The molecule has 7 nitrogen and oxygen atoms in total. The summed E-state index contributed by atoms with van der Waals surface area (Å²) < 4.78 is 16.4. The van der Waals surface area contributed by atoms with Crippen LogP contribution in [0.1, 0.15) is 29.1 Å². The molecule has 1 heterocycles. The fraction of sp³-hybridized carbons (Fsp3) is 0.286. The predicted molar refractivity (Wildman–Crippen MR) is 107 cm³/mol. The molecule has 1 saturated carbocycles. The van der Waals surface area contributed by atoms with Gasteiger partial charge in [-0.1, -0.05) is 11.6 Å². The van der Waals surface area contributed by atoms with Gasteiger partial charge in [0.2, 0.25) is 11.8 Å². The third-order valence-corrected chi connectivity index (χ3v) is 5.00. The van der Waals surface area contributed by atoms with Crippen molar-refractivity contribution in [2.24, 2.45) is 0 Å². The first-order chi connectivity index (χ1) is 14.1. The molecule has 1 aromatic heterocycles. The molecular formula is C21H20ClN3O4. The quantitative estimate of drug-likeness (QED) is 0.577. The number of hydrogen-bond donors (Lipinski definition) is 0. The predicted octanol–water partition coefficient (Wildman–Crippen LogP) is 4.21. The van der Waals surface area contributed by atoms with Gasteiger partial charge in [0.05, 0.1) is 26.3 Å². The van der Waals surface area contributed by atoms with E-state index in [1.807, 2.05) is 12.1 Å². The van der Waals surface area contributed by atoms with Gasteiger partial charge in [-0.05, 0) is 49.2 Å². The highest BCUT2D eigenvalue weighted by molar-refractivity contribution is 6.30. The second-order valence-corrected chi connectivity index (χ2v) is 7.17. The highest BCUT2D eigenvalue weighted by atomic mass is 35.5. The van der Waals surface area contributed by atoms with Gasteiger partial charge in [0.25, 0.3) is 5.91 Å². The Morgan fingerprint density at radius 1 is 1.14 bits per heavy atom. The van der Waals surface area contributed by atoms with E-state index in [0.717, 1.165) is 18.4 Å². The van der Waals surface area contributed by atoms with Crippen LogP contribution in [-0.4, -0.2) is 41.3 Å². The van der Waals surface area contributed by atoms with Gasteiger partial charge in [-0.3, -0.25) is 4.79 Å². The Labute approximate surface area is 173 Å². The maximum atomic E-state index is 13.2. The summed E-state index contributed by atoms with van der Waals surface area (Å²) in [5.41, 5.74) is 1.24. The summed E-state index contributed by atoms with van der Waals surface area (Å²) in [6.45, 7) is 0.235. The first kappa shape index (κ1) is 19.3. The lowest BCUT2D eigenvalue weighted by Gasteiger charge is -2.22. The summed E-state index contributed by atoms with van der Waals surface area (Å²) in [6.07, 6.45) is 1.89. The Morgan fingerprint density at radius 3 is 2.55 bits per heavy atom. The van der Waals surface area contributed by atoms with Crippen molar-refractivity contribution in [2.45, 2.75) is 25.4 Å². The molecule has 0 atom stereocenters. The van der Waals surface area contributed by atoms with E-state index in [1.54, 1.807) is 42.3 Å². The SMILES string of the molecule is COc1ccc(C(=O)N(Cc2nnc(-c3ccc(Cl)cc3)o2)C2CC2)c(OC)c1. The molecule has 0 radical (unpaired) electrons. The molecule has 8 heteroatoms. The van der Waals surface area contributed by atoms with Gasteiger partial charge >= 0.3 is 0 Å². The first-order valence-corrected chi connectivity index (χ1v) is 9.58. The monoisotopic (exact) mass is 413 g/mol. The number of amides is 1. The van der Waals surface area contributed by atoms with Crippen molar-refractivity contribution >= 4 is 17.5 Å². The van der Waals surface area contributed by atoms with Crippen LogP contribution in [-0.2, 0) is 6.54 Å². The molecule has 150 valence electrons. The Kier molecular flexibility index (Phi) is 5.40. The zero-order valence-corrected chi connectivity index (χ0v) is 16.8. The van der Waals surface area contributed by atoms with E-state index in [0.29, 0.717) is 33.9 Å². The van der Waals surface area contributed by atoms with Gasteiger partial charge in [0.15, 0.2) is 0 Å². The van der Waals surface area contributed by atoms with E-state index >= 15 is 0 Å². The highest BCUT2D eigenvalue weighted by Gasteiger charge is 2.35. The molecule has 29 heavy (non-hydrogen) atoms. The second kappa shape index (κ2) is 8.13. The minimum Gasteiger partial charge on any atom is -0.497 e. The number of rotatable bonds is 7. The van der Waals surface area contributed by atoms with E-state index in [9.17, 15) is 4.79 Å². The molecule has 1 aliphatic carbocycles. The van der Waals surface area contributed by atoms with Gasteiger partial charge < -0.3 is 18.8 Å². The van der Waals surface area contributed by atoms with Crippen LogP contribution in [0.3, 0.4) is 0 Å². The van der Waals surface area contributed by atoms with Crippen molar-refractivity contribution in [1.29, 1.82) is 0 Å². The molecule has 1 aliphatic rings. The lowest BCUT2D eigenvalue weighted by atomic mass is 10.1. The van der Waals surface area contributed by atoms with E-state index < -0.39 is 0 Å². The van der Waals surface area contributed by atoms with Crippen molar-refractivity contribution in [1.82, 2.24) is 15.1 Å². The topological polar surface area (TPSA) is 77.7 Å². The number of carbonyl (C=O) groups excluding carboxylic acids is 1. The normalized spacial score (nSPS) is 13.2. The first-order valence-electron chi connectivity index (χ1n) is 9.20. The number of carbonyl (C=O) groups is 1. The summed E-state index contributed by atoms with van der Waals surface area (Å²) in [6, 6.07) is 12.4. The number of nitrogens with zero attached hydrogens (tertiary/aromatic N) is 3. The van der Waals surface area contributed by atoms with Gasteiger partial charge in [0.1, 0.15) is 11.5 Å². The van der Waals surface area contributed by atoms with E-state index in [1.165, 1.54) is 7.11 Å². The number of benzene rings is 2. The summed E-state index contributed by atoms with van der Waals surface area (Å²) in [4.78, 5) is 15.0. The van der Waals surface area contributed by atoms with Gasteiger partial charge in [-0.15, -0.1) is 10.2 Å². The van der Waals surface area contributed by atoms with Crippen molar-refractivity contribution in [3.8, 4) is 23.0 Å². The van der Waals surface area contributed by atoms with Crippen molar-refractivity contribution in [2.75, 3.05) is 14.2 Å². The van der Waals surface area contributed by atoms with Crippen LogP contribution in [0.5, 0.6) is 11.5 Å². The lowest BCUT2D eigenvalue weighted by Crippen LogP contribution is -2.33. The maximum Gasteiger partial charge on any atom is 0.258 e. The van der Waals surface area contributed by atoms with Crippen LogP contribution in [0.2, 0.25) is 5.02 Å². The Bertz CT molecular complexity index is 1020. The molecule has 1 fully saturated rings. The van der Waals surface area contributed by atoms with Gasteiger partial charge in [-0.2, -0.15) is 0 Å². The van der Waals surface area contributed by atoms with Crippen molar-refractivity contribution in [3.63, 3.8) is 0 Å². The second-order valence-electron chi connectivity index (χ2n) is 6.74. The standard InChI is InChI=1S/C21H20ClN3O4/c1-27-16-9-10-17(18(11-16)28-2)21(26)25(15-7-8-15)12-19-23-24-20(29-19)13-3-5-14(22)6-4-13/h3-6,9-11,15H,7-8,12H2,1-2H3. The molecule has 0 spiro atoms. The summed E-state index contributed by atoms with van der Waals surface area (Å²) in [5.74, 6) is 1.72. The highest BCUT2D eigenvalue weighted by Crippen LogP contribution is 2.33. The average molecular weight is 414 g/mol. The lowest BCUT2D eigenvalue weighted by molar-refractivity contribution is 0.0711. The fourth-order valence-electron chi connectivity index (χ4n) is 3.06. The third kappa shape index (κ3) is 4.19. The summed E-state index contributed by atoms with van der Waals surface area (Å²) >= 11 is 5.92. The average Bonchev–Trinajstić information content (AvgIpc) is 3.49. The molecule has 0 aliphatic heterocycles. The number of halogens is 1. The Hall–Kier alpha value is -3.06.